The van der Waals surface area contributed by atoms with Crippen LogP contribution in [0.1, 0.15) is 0 Å². The molecule has 0 fully saturated rings. The molecular weight excluding hydrogens is 436 g/mol. The van der Waals surface area contributed by atoms with Gasteiger partial charge in [-0.25, -0.2) is 0 Å². The zero-order chi connectivity index (χ0) is 20.5. The van der Waals surface area contributed by atoms with Crippen molar-refractivity contribution in [1.82, 2.24) is 0 Å². The highest BCUT2D eigenvalue weighted by molar-refractivity contribution is 9.10. The van der Waals surface area contributed by atoms with Crippen LogP contribution in [0.15, 0.2) is 117 Å². The van der Waals surface area contributed by atoms with Crippen LogP contribution in [0.4, 0.5) is 0 Å². The molecule has 4 aromatic carbocycles. The largest absolute Gasteiger partial charge is 0.456 e. The van der Waals surface area contributed by atoms with Crippen LogP contribution < -0.4 is 5.43 Å². The quantitative estimate of drug-likeness (QED) is 0.282. The van der Waals surface area contributed by atoms with Gasteiger partial charge in [0.1, 0.15) is 11.3 Å². The van der Waals surface area contributed by atoms with E-state index >= 15 is 0 Å². The molecule has 0 aliphatic heterocycles. The number of fused-ring (bicyclic) bond motifs is 1. The molecular formula is C27H17BrO2. The van der Waals surface area contributed by atoms with Gasteiger partial charge in [0.05, 0.1) is 5.39 Å². The Balaban J connectivity index is 1.61. The van der Waals surface area contributed by atoms with Gasteiger partial charge in [-0.1, -0.05) is 101 Å². The summed E-state index contributed by atoms with van der Waals surface area (Å²) in [4.78, 5) is 12.7. The number of halogens is 1. The molecule has 0 saturated heterocycles. The first-order valence-corrected chi connectivity index (χ1v) is 10.5. The van der Waals surface area contributed by atoms with Gasteiger partial charge in [-0.05, 0) is 34.4 Å². The van der Waals surface area contributed by atoms with E-state index in [1.807, 2.05) is 60.7 Å². The Morgan fingerprint density at radius 3 is 1.83 bits per heavy atom. The second-order valence-electron chi connectivity index (χ2n) is 7.11. The Bertz CT molecular complexity index is 1390. The van der Waals surface area contributed by atoms with E-state index < -0.39 is 0 Å². The lowest BCUT2D eigenvalue weighted by molar-refractivity contribution is 0.619. The first-order chi connectivity index (χ1) is 14.7. The number of rotatable bonds is 3. The van der Waals surface area contributed by atoms with Crippen LogP contribution in [0.5, 0.6) is 0 Å². The minimum Gasteiger partial charge on any atom is -0.456 e. The normalized spacial score (nSPS) is 11.0. The molecule has 0 unspecified atom stereocenters. The lowest BCUT2D eigenvalue weighted by Gasteiger charge is -2.09. The maximum Gasteiger partial charge on any atom is 0.193 e. The van der Waals surface area contributed by atoms with Crippen molar-refractivity contribution in [2.45, 2.75) is 0 Å². The molecule has 5 aromatic rings. The highest BCUT2D eigenvalue weighted by Gasteiger charge is 2.12. The predicted octanol–water partition coefficient (Wildman–Crippen LogP) is 7.56. The zero-order valence-electron chi connectivity index (χ0n) is 16.0. The van der Waals surface area contributed by atoms with Crippen molar-refractivity contribution in [2.75, 3.05) is 0 Å². The van der Waals surface area contributed by atoms with E-state index in [-0.39, 0.29) is 5.43 Å². The van der Waals surface area contributed by atoms with E-state index in [9.17, 15) is 4.79 Å². The second-order valence-corrected chi connectivity index (χ2v) is 7.97. The molecule has 2 nitrogen and oxygen atoms in total. The molecule has 144 valence electrons. The first kappa shape index (κ1) is 18.6. The third-order valence-corrected chi connectivity index (χ3v) is 5.83. The molecule has 0 aliphatic rings. The van der Waals surface area contributed by atoms with Crippen LogP contribution in [0, 0.1) is 0 Å². The fourth-order valence-corrected chi connectivity index (χ4v) is 4.19. The van der Waals surface area contributed by atoms with Gasteiger partial charge in [0.15, 0.2) is 5.43 Å². The van der Waals surface area contributed by atoms with E-state index in [4.69, 9.17) is 4.42 Å². The van der Waals surface area contributed by atoms with E-state index in [0.717, 1.165) is 26.7 Å². The summed E-state index contributed by atoms with van der Waals surface area (Å²) in [5.74, 6) is 0.570. The van der Waals surface area contributed by atoms with E-state index in [1.54, 1.807) is 6.07 Å². The Morgan fingerprint density at radius 1 is 0.600 bits per heavy atom. The Hall–Kier alpha value is -3.43. The lowest BCUT2D eigenvalue weighted by Crippen LogP contribution is -2.01. The Kier molecular flexibility index (Phi) is 4.82. The van der Waals surface area contributed by atoms with Gasteiger partial charge in [-0.15, -0.1) is 0 Å². The second kappa shape index (κ2) is 7.77. The molecule has 0 atom stereocenters. The molecule has 0 N–H and O–H groups in total. The molecule has 0 amide bonds. The van der Waals surface area contributed by atoms with E-state index in [1.165, 1.54) is 5.56 Å². The van der Waals surface area contributed by atoms with Crippen LogP contribution in [-0.2, 0) is 0 Å². The van der Waals surface area contributed by atoms with Crippen molar-refractivity contribution in [2.24, 2.45) is 0 Å². The molecule has 5 rings (SSSR count). The number of benzene rings is 4. The summed E-state index contributed by atoms with van der Waals surface area (Å²) in [5.41, 5.74) is 5.78. The van der Waals surface area contributed by atoms with Gasteiger partial charge in [0, 0.05) is 16.1 Å². The maximum absolute atomic E-state index is 12.7. The molecule has 0 saturated carbocycles. The molecule has 1 aromatic heterocycles. The van der Waals surface area contributed by atoms with Crippen molar-refractivity contribution in [3.8, 4) is 33.6 Å². The topological polar surface area (TPSA) is 30.2 Å². The van der Waals surface area contributed by atoms with Gasteiger partial charge in [0.25, 0.3) is 0 Å². The SMILES string of the molecule is O=c1cc(-c2ccccc2)oc2cc(-c3ccc(-c4ccccc4)cc3)c(Br)cc12. The van der Waals surface area contributed by atoms with Gasteiger partial charge in [-0.2, -0.15) is 0 Å². The summed E-state index contributed by atoms with van der Waals surface area (Å²) < 4.78 is 6.98. The fraction of sp³-hybridized carbons (Fsp3) is 0. The smallest absolute Gasteiger partial charge is 0.193 e. The van der Waals surface area contributed by atoms with Gasteiger partial charge < -0.3 is 4.42 Å². The van der Waals surface area contributed by atoms with Gasteiger partial charge in [0.2, 0.25) is 0 Å². The molecule has 3 heteroatoms. The summed E-state index contributed by atoms with van der Waals surface area (Å²) >= 11 is 3.63. The van der Waals surface area contributed by atoms with Gasteiger partial charge >= 0.3 is 0 Å². The van der Waals surface area contributed by atoms with Crippen molar-refractivity contribution in [3.63, 3.8) is 0 Å². The highest BCUT2D eigenvalue weighted by atomic mass is 79.9. The summed E-state index contributed by atoms with van der Waals surface area (Å²) in [6.07, 6.45) is 0. The van der Waals surface area contributed by atoms with E-state index in [0.29, 0.717) is 16.7 Å². The van der Waals surface area contributed by atoms with Gasteiger partial charge in [-0.3, -0.25) is 4.79 Å². The van der Waals surface area contributed by atoms with Crippen LogP contribution in [0.25, 0.3) is 44.5 Å². The molecule has 0 bridgehead atoms. The first-order valence-electron chi connectivity index (χ1n) is 9.68. The van der Waals surface area contributed by atoms with Crippen molar-refractivity contribution >= 4 is 26.9 Å². The third kappa shape index (κ3) is 3.49. The molecule has 30 heavy (non-hydrogen) atoms. The molecule has 0 aliphatic carbocycles. The minimum atomic E-state index is -0.0539. The lowest BCUT2D eigenvalue weighted by atomic mass is 9.99. The van der Waals surface area contributed by atoms with E-state index in [2.05, 4.69) is 52.3 Å². The Morgan fingerprint density at radius 2 is 1.17 bits per heavy atom. The van der Waals surface area contributed by atoms with Crippen molar-refractivity contribution in [1.29, 1.82) is 0 Å². The molecule has 0 radical (unpaired) electrons. The van der Waals surface area contributed by atoms with Crippen molar-refractivity contribution in [3.05, 3.63) is 118 Å². The third-order valence-electron chi connectivity index (χ3n) is 5.18. The van der Waals surface area contributed by atoms with Crippen LogP contribution >= 0.6 is 15.9 Å². The summed E-state index contributed by atoms with van der Waals surface area (Å²) in [6.45, 7) is 0. The Labute approximate surface area is 182 Å². The number of hydrogen-bond acceptors (Lipinski definition) is 2. The molecule has 1 heterocycles. The van der Waals surface area contributed by atoms with Crippen LogP contribution in [0.3, 0.4) is 0 Å². The minimum absolute atomic E-state index is 0.0539. The fourth-order valence-electron chi connectivity index (χ4n) is 3.61. The zero-order valence-corrected chi connectivity index (χ0v) is 17.6. The van der Waals surface area contributed by atoms with Crippen molar-refractivity contribution < 1.29 is 4.42 Å². The monoisotopic (exact) mass is 452 g/mol. The highest BCUT2D eigenvalue weighted by Crippen LogP contribution is 2.34. The predicted molar refractivity (Wildman–Crippen MR) is 126 cm³/mol. The summed E-state index contributed by atoms with van der Waals surface area (Å²) in [5, 5.41) is 0.561. The maximum atomic E-state index is 12.7. The standard InChI is InChI=1S/C27H17BrO2/c28-24-15-23-25(29)17-26(21-9-5-2-6-10-21)30-27(23)16-22(24)20-13-11-19(12-14-20)18-7-3-1-4-8-18/h1-17H. The average Bonchev–Trinajstić information content (AvgIpc) is 2.80. The molecule has 0 spiro atoms. The summed E-state index contributed by atoms with van der Waals surface area (Å²) in [7, 11) is 0. The number of hydrogen-bond donors (Lipinski definition) is 0. The summed E-state index contributed by atoms with van der Waals surface area (Å²) in [6, 6.07) is 33.7. The van der Waals surface area contributed by atoms with Crippen LogP contribution in [0.2, 0.25) is 0 Å². The average molecular weight is 453 g/mol. The van der Waals surface area contributed by atoms with Crippen LogP contribution in [-0.4, -0.2) is 0 Å².